The maximum Gasteiger partial charge on any atom is 0.364 e. The van der Waals surface area contributed by atoms with Crippen molar-refractivity contribution in [3.63, 3.8) is 0 Å². The number of hydrogen-bond acceptors (Lipinski definition) is 4. The zero-order valence-electron chi connectivity index (χ0n) is 18.2. The summed E-state index contributed by atoms with van der Waals surface area (Å²) < 4.78 is 5.15. The number of carboxylic acid groups (broad SMARTS) is 1. The average Bonchev–Trinajstić information content (AvgIpc) is 3.02. The molecule has 0 radical (unpaired) electrons. The summed E-state index contributed by atoms with van der Waals surface area (Å²) >= 11 is 0. The highest BCUT2D eigenvalue weighted by Crippen LogP contribution is 2.39. The van der Waals surface area contributed by atoms with Crippen LogP contribution in [-0.2, 0) is 9.53 Å². The molecule has 28 heavy (non-hydrogen) atoms. The Labute approximate surface area is 171 Å². The number of unbranched alkanes of at least 4 members (excludes halogenated alkanes) is 7. The number of rotatable bonds is 17. The van der Waals surface area contributed by atoms with Crippen molar-refractivity contribution < 1.29 is 24.9 Å². The van der Waals surface area contributed by atoms with Crippen LogP contribution in [0.15, 0.2) is 0 Å². The SMILES string of the molecule is CCCCCCCC[C@H]1CC[C@H](O)[C@@H]1CCCCCC(O)(OCCC)C(=O)O. The maximum atomic E-state index is 11.3. The van der Waals surface area contributed by atoms with Gasteiger partial charge in [0.2, 0.25) is 0 Å². The van der Waals surface area contributed by atoms with E-state index in [1.54, 1.807) is 0 Å². The van der Waals surface area contributed by atoms with E-state index in [9.17, 15) is 20.1 Å². The molecule has 166 valence electrons. The molecule has 1 rings (SSSR count). The van der Waals surface area contributed by atoms with Gasteiger partial charge in [0.05, 0.1) is 12.7 Å². The normalized spacial score (nSPS) is 24.4. The van der Waals surface area contributed by atoms with Gasteiger partial charge in [0.25, 0.3) is 5.79 Å². The van der Waals surface area contributed by atoms with E-state index >= 15 is 0 Å². The second-order valence-corrected chi connectivity index (χ2v) is 8.66. The number of ether oxygens (including phenoxy) is 1. The Kier molecular flexibility index (Phi) is 13.0. The third-order valence-corrected chi connectivity index (χ3v) is 6.29. The van der Waals surface area contributed by atoms with E-state index in [4.69, 9.17) is 4.74 Å². The van der Waals surface area contributed by atoms with Crippen molar-refractivity contribution in [2.45, 2.75) is 122 Å². The summed E-state index contributed by atoms with van der Waals surface area (Å²) in [7, 11) is 0. The molecule has 0 aromatic carbocycles. The second kappa shape index (κ2) is 14.4. The van der Waals surface area contributed by atoms with Crippen molar-refractivity contribution in [3.8, 4) is 0 Å². The van der Waals surface area contributed by atoms with Gasteiger partial charge in [-0.15, -0.1) is 0 Å². The summed E-state index contributed by atoms with van der Waals surface area (Å²) in [5.74, 6) is -2.31. The minimum Gasteiger partial charge on any atom is -0.477 e. The number of aliphatic hydroxyl groups is 2. The van der Waals surface area contributed by atoms with Crippen LogP contribution in [0.4, 0.5) is 0 Å². The zero-order chi connectivity index (χ0) is 20.8. The molecule has 0 spiro atoms. The molecule has 0 aliphatic heterocycles. The van der Waals surface area contributed by atoms with E-state index in [2.05, 4.69) is 6.92 Å². The Morgan fingerprint density at radius 1 is 0.929 bits per heavy atom. The topological polar surface area (TPSA) is 87.0 Å². The number of aliphatic hydroxyl groups excluding tert-OH is 1. The van der Waals surface area contributed by atoms with Gasteiger partial charge < -0.3 is 20.1 Å². The molecule has 1 aliphatic rings. The van der Waals surface area contributed by atoms with E-state index in [1.165, 1.54) is 44.9 Å². The first-order valence-corrected chi connectivity index (χ1v) is 11.7. The third kappa shape index (κ3) is 9.23. The summed E-state index contributed by atoms with van der Waals surface area (Å²) in [4.78, 5) is 11.3. The second-order valence-electron chi connectivity index (χ2n) is 8.66. The molecule has 5 nitrogen and oxygen atoms in total. The molecule has 0 saturated heterocycles. The van der Waals surface area contributed by atoms with Crippen LogP contribution in [0.5, 0.6) is 0 Å². The van der Waals surface area contributed by atoms with Crippen molar-refractivity contribution in [2.24, 2.45) is 11.8 Å². The predicted octanol–water partition coefficient (Wildman–Crippen LogP) is 5.27. The standard InChI is InChI=1S/C23H44O5/c1-3-5-6-7-8-10-13-19-15-16-21(24)20(19)14-11-9-12-17-23(27,22(25)26)28-18-4-2/h19-21,24,27H,3-18H2,1-2H3,(H,25,26)/t19-,20+,21-,23?/m0/s1. The fourth-order valence-corrected chi connectivity index (χ4v) is 4.53. The van der Waals surface area contributed by atoms with Crippen molar-refractivity contribution in [2.75, 3.05) is 6.61 Å². The minimum absolute atomic E-state index is 0.122. The van der Waals surface area contributed by atoms with Crippen LogP contribution in [0.3, 0.4) is 0 Å². The van der Waals surface area contributed by atoms with Gasteiger partial charge in [-0.3, -0.25) is 0 Å². The molecule has 1 unspecified atom stereocenters. The summed E-state index contributed by atoms with van der Waals surface area (Å²) in [6.07, 6.45) is 15.3. The van der Waals surface area contributed by atoms with Gasteiger partial charge in [0.1, 0.15) is 0 Å². The fraction of sp³-hybridized carbons (Fsp3) is 0.957. The fourth-order valence-electron chi connectivity index (χ4n) is 4.53. The molecular weight excluding hydrogens is 356 g/mol. The lowest BCUT2D eigenvalue weighted by atomic mass is 9.85. The lowest BCUT2D eigenvalue weighted by molar-refractivity contribution is -0.226. The van der Waals surface area contributed by atoms with Crippen LogP contribution in [0.1, 0.15) is 110 Å². The molecule has 1 fully saturated rings. The number of hydrogen-bond donors (Lipinski definition) is 3. The van der Waals surface area contributed by atoms with E-state index in [0.29, 0.717) is 24.7 Å². The van der Waals surface area contributed by atoms with Crippen LogP contribution in [0.25, 0.3) is 0 Å². The lowest BCUT2D eigenvalue weighted by Crippen LogP contribution is -2.41. The van der Waals surface area contributed by atoms with E-state index in [-0.39, 0.29) is 19.1 Å². The number of carboxylic acids is 1. The molecule has 5 heteroatoms. The molecular formula is C23H44O5. The van der Waals surface area contributed by atoms with Gasteiger partial charge in [-0.2, -0.15) is 0 Å². The highest BCUT2D eigenvalue weighted by molar-refractivity contribution is 5.75. The zero-order valence-corrected chi connectivity index (χ0v) is 18.2. The molecule has 0 aromatic heterocycles. The maximum absolute atomic E-state index is 11.3. The molecule has 0 heterocycles. The quantitative estimate of drug-likeness (QED) is 0.228. The highest BCUT2D eigenvalue weighted by Gasteiger charge is 2.37. The summed E-state index contributed by atoms with van der Waals surface area (Å²) in [5, 5.41) is 29.7. The first-order chi connectivity index (χ1) is 13.4. The van der Waals surface area contributed by atoms with E-state index in [0.717, 1.165) is 32.1 Å². The highest BCUT2D eigenvalue weighted by atomic mass is 16.6. The molecule has 4 atom stereocenters. The average molecular weight is 401 g/mol. The van der Waals surface area contributed by atoms with Crippen molar-refractivity contribution >= 4 is 5.97 Å². The first kappa shape index (κ1) is 25.4. The van der Waals surface area contributed by atoms with Gasteiger partial charge in [0, 0.05) is 6.42 Å². The summed E-state index contributed by atoms with van der Waals surface area (Å²) in [6, 6.07) is 0. The third-order valence-electron chi connectivity index (χ3n) is 6.29. The summed E-state index contributed by atoms with van der Waals surface area (Å²) in [6.45, 7) is 4.37. The Morgan fingerprint density at radius 3 is 2.25 bits per heavy atom. The van der Waals surface area contributed by atoms with Gasteiger partial charge in [-0.1, -0.05) is 71.6 Å². The smallest absolute Gasteiger partial charge is 0.364 e. The molecule has 0 amide bonds. The van der Waals surface area contributed by atoms with Crippen molar-refractivity contribution in [1.29, 1.82) is 0 Å². The minimum atomic E-state index is -2.05. The Hall–Kier alpha value is -0.650. The molecule has 0 bridgehead atoms. The summed E-state index contributed by atoms with van der Waals surface area (Å²) in [5.41, 5.74) is 0. The Bertz CT molecular complexity index is 414. The monoisotopic (exact) mass is 400 g/mol. The van der Waals surface area contributed by atoms with Crippen molar-refractivity contribution in [1.82, 2.24) is 0 Å². The predicted molar refractivity (Wildman–Crippen MR) is 112 cm³/mol. The van der Waals surface area contributed by atoms with Crippen molar-refractivity contribution in [3.05, 3.63) is 0 Å². The van der Waals surface area contributed by atoms with E-state index in [1.807, 2.05) is 6.92 Å². The first-order valence-electron chi connectivity index (χ1n) is 11.7. The number of aliphatic carboxylic acids is 1. The van der Waals surface area contributed by atoms with Gasteiger partial charge >= 0.3 is 5.97 Å². The molecule has 1 aliphatic carbocycles. The largest absolute Gasteiger partial charge is 0.477 e. The van der Waals surface area contributed by atoms with Crippen LogP contribution in [-0.4, -0.2) is 39.8 Å². The van der Waals surface area contributed by atoms with Crippen LogP contribution >= 0.6 is 0 Å². The van der Waals surface area contributed by atoms with E-state index < -0.39 is 11.8 Å². The molecule has 0 aromatic rings. The van der Waals surface area contributed by atoms with Crippen LogP contribution in [0.2, 0.25) is 0 Å². The van der Waals surface area contributed by atoms with Gasteiger partial charge in [-0.05, 0) is 43.9 Å². The molecule has 3 N–H and O–H groups in total. The Balaban J connectivity index is 2.25. The van der Waals surface area contributed by atoms with Crippen LogP contribution < -0.4 is 0 Å². The Morgan fingerprint density at radius 2 is 1.57 bits per heavy atom. The molecule has 1 saturated carbocycles. The lowest BCUT2D eigenvalue weighted by Gasteiger charge is -2.24. The van der Waals surface area contributed by atoms with Crippen LogP contribution in [0, 0.1) is 11.8 Å². The van der Waals surface area contributed by atoms with Gasteiger partial charge in [-0.25, -0.2) is 4.79 Å². The van der Waals surface area contributed by atoms with Gasteiger partial charge in [0.15, 0.2) is 0 Å². The number of carbonyl (C=O) groups is 1.